The van der Waals surface area contributed by atoms with Crippen molar-refractivity contribution in [3.05, 3.63) is 83.4 Å². The summed E-state index contributed by atoms with van der Waals surface area (Å²) in [5, 5.41) is 2.75. The monoisotopic (exact) mass is 433 g/mol. The van der Waals surface area contributed by atoms with E-state index in [0.29, 0.717) is 17.3 Å². The number of anilines is 1. The number of hydrogen-bond acceptors (Lipinski definition) is 4. The van der Waals surface area contributed by atoms with Gasteiger partial charge in [-0.05, 0) is 49.2 Å². The molecule has 166 valence electrons. The molecule has 6 heteroatoms. The lowest BCUT2D eigenvalue weighted by atomic mass is 10.00. The van der Waals surface area contributed by atoms with Crippen molar-refractivity contribution in [3.8, 4) is 11.1 Å². The lowest BCUT2D eigenvalue weighted by molar-refractivity contribution is -0.120. The molecule has 0 aliphatic carbocycles. The summed E-state index contributed by atoms with van der Waals surface area (Å²) in [6.07, 6.45) is 1.96. The van der Waals surface area contributed by atoms with Crippen LogP contribution in [0.4, 0.5) is 10.1 Å². The van der Waals surface area contributed by atoms with Crippen molar-refractivity contribution in [2.75, 3.05) is 24.7 Å². The Morgan fingerprint density at radius 3 is 2.78 bits per heavy atom. The van der Waals surface area contributed by atoms with Crippen LogP contribution in [0.3, 0.4) is 0 Å². The highest BCUT2D eigenvalue weighted by Crippen LogP contribution is 2.28. The van der Waals surface area contributed by atoms with E-state index in [2.05, 4.69) is 47.2 Å². The molecule has 4 rings (SSSR count). The predicted molar refractivity (Wildman–Crippen MR) is 124 cm³/mol. The summed E-state index contributed by atoms with van der Waals surface area (Å²) in [6.45, 7) is 6.85. The fourth-order valence-corrected chi connectivity index (χ4v) is 4.01. The minimum absolute atomic E-state index is 0.154. The highest BCUT2D eigenvalue weighted by molar-refractivity contribution is 5.78. The number of pyridine rings is 1. The van der Waals surface area contributed by atoms with Gasteiger partial charge in [0.25, 0.3) is 0 Å². The van der Waals surface area contributed by atoms with Gasteiger partial charge in [-0.3, -0.25) is 9.78 Å². The normalized spacial score (nSPS) is 16.1. The maximum absolute atomic E-state index is 13.7. The van der Waals surface area contributed by atoms with E-state index in [1.165, 1.54) is 17.3 Å². The van der Waals surface area contributed by atoms with Gasteiger partial charge in [0, 0.05) is 47.8 Å². The highest BCUT2D eigenvalue weighted by atomic mass is 19.1. The molecule has 1 amide bonds. The molecular weight excluding hydrogens is 405 g/mol. The minimum Gasteiger partial charge on any atom is -0.377 e. The van der Waals surface area contributed by atoms with Gasteiger partial charge in [-0.25, -0.2) is 4.39 Å². The second kappa shape index (κ2) is 9.92. The molecule has 1 N–H and O–H groups in total. The maximum atomic E-state index is 13.7. The van der Waals surface area contributed by atoms with Crippen molar-refractivity contribution in [3.63, 3.8) is 0 Å². The molecule has 5 nitrogen and oxygen atoms in total. The van der Waals surface area contributed by atoms with Crippen LogP contribution in [0.5, 0.6) is 0 Å². The summed E-state index contributed by atoms with van der Waals surface area (Å²) in [4.78, 5) is 19.1. The molecule has 2 aromatic carbocycles. The van der Waals surface area contributed by atoms with Crippen molar-refractivity contribution < 1.29 is 13.9 Å². The van der Waals surface area contributed by atoms with Gasteiger partial charge in [0.05, 0.1) is 19.6 Å². The molecule has 0 radical (unpaired) electrons. The topological polar surface area (TPSA) is 54.5 Å². The molecule has 0 spiro atoms. The Morgan fingerprint density at radius 2 is 2.06 bits per heavy atom. The van der Waals surface area contributed by atoms with Crippen LogP contribution in [-0.2, 0) is 22.5 Å². The summed E-state index contributed by atoms with van der Waals surface area (Å²) in [5.41, 5.74) is 5.67. The van der Waals surface area contributed by atoms with Crippen LogP contribution in [0.15, 0.2) is 60.8 Å². The Labute approximate surface area is 188 Å². The van der Waals surface area contributed by atoms with Crippen LogP contribution in [-0.4, -0.2) is 36.7 Å². The van der Waals surface area contributed by atoms with Crippen molar-refractivity contribution in [1.82, 2.24) is 10.3 Å². The number of morpholine rings is 1. The third-order valence-corrected chi connectivity index (χ3v) is 5.82. The van der Waals surface area contributed by atoms with Gasteiger partial charge >= 0.3 is 0 Å². The molecule has 3 aromatic rings. The summed E-state index contributed by atoms with van der Waals surface area (Å²) in [5.74, 6) is -0.506. The van der Waals surface area contributed by atoms with E-state index in [9.17, 15) is 9.18 Å². The van der Waals surface area contributed by atoms with Gasteiger partial charge in [-0.2, -0.15) is 0 Å². The molecule has 1 atom stereocenters. The molecule has 0 unspecified atom stereocenters. The number of halogens is 1. The van der Waals surface area contributed by atoms with Crippen LogP contribution in [0.25, 0.3) is 11.1 Å². The van der Waals surface area contributed by atoms with E-state index < -0.39 is 0 Å². The maximum Gasteiger partial charge on any atom is 0.226 e. The molecular formula is C26H28FN3O2. The lowest BCUT2D eigenvalue weighted by Crippen LogP contribution is -2.43. The molecule has 1 aliphatic heterocycles. The number of hydrogen-bond donors (Lipinski definition) is 1. The van der Waals surface area contributed by atoms with Gasteiger partial charge in [0.15, 0.2) is 0 Å². The Bertz CT molecular complexity index is 1080. The molecule has 2 heterocycles. The number of ether oxygens (including phenoxy) is 1. The van der Waals surface area contributed by atoms with E-state index in [0.717, 1.165) is 30.9 Å². The van der Waals surface area contributed by atoms with Crippen LogP contribution < -0.4 is 10.2 Å². The van der Waals surface area contributed by atoms with Crippen molar-refractivity contribution in [1.29, 1.82) is 0 Å². The Hall–Kier alpha value is -3.25. The first kappa shape index (κ1) is 22.0. The zero-order valence-corrected chi connectivity index (χ0v) is 18.5. The number of aromatic nitrogens is 1. The van der Waals surface area contributed by atoms with Crippen LogP contribution >= 0.6 is 0 Å². The van der Waals surface area contributed by atoms with Gasteiger partial charge in [0.1, 0.15) is 5.82 Å². The number of rotatable bonds is 6. The minimum atomic E-state index is -0.320. The molecule has 32 heavy (non-hydrogen) atoms. The number of carbonyl (C=O) groups excluding carboxylic acids is 1. The van der Waals surface area contributed by atoms with E-state index in [4.69, 9.17) is 4.74 Å². The van der Waals surface area contributed by atoms with E-state index in [1.807, 2.05) is 12.1 Å². The fraction of sp³-hybridized carbons (Fsp3) is 0.308. The first-order valence-electron chi connectivity index (χ1n) is 10.9. The van der Waals surface area contributed by atoms with Gasteiger partial charge in [-0.15, -0.1) is 0 Å². The van der Waals surface area contributed by atoms with Gasteiger partial charge < -0.3 is 15.0 Å². The smallest absolute Gasteiger partial charge is 0.226 e. The number of carbonyl (C=O) groups is 1. The molecule has 1 aromatic heterocycles. The average molecular weight is 434 g/mol. The van der Waals surface area contributed by atoms with Crippen molar-refractivity contribution in [2.24, 2.45) is 0 Å². The number of nitrogens with one attached hydrogen (secondary N) is 1. The first-order valence-corrected chi connectivity index (χ1v) is 10.9. The zero-order chi connectivity index (χ0) is 22.5. The van der Waals surface area contributed by atoms with Gasteiger partial charge in [0.2, 0.25) is 5.91 Å². The summed E-state index contributed by atoms with van der Waals surface area (Å²) in [6, 6.07) is 17.1. The lowest BCUT2D eigenvalue weighted by Gasteiger charge is -2.35. The predicted octanol–water partition coefficient (Wildman–Crippen LogP) is 4.28. The summed E-state index contributed by atoms with van der Waals surface area (Å²) >= 11 is 0. The van der Waals surface area contributed by atoms with Crippen LogP contribution in [0, 0.1) is 12.7 Å². The molecule has 0 saturated carbocycles. The number of aryl methyl sites for hydroxylation is 1. The number of nitrogens with zero attached hydrogens (tertiary/aromatic N) is 2. The number of benzene rings is 2. The second-order valence-electron chi connectivity index (χ2n) is 8.20. The molecule has 1 fully saturated rings. The third-order valence-electron chi connectivity index (χ3n) is 5.82. The molecule has 1 saturated heterocycles. The zero-order valence-electron chi connectivity index (χ0n) is 18.5. The Balaban J connectivity index is 1.39. The van der Waals surface area contributed by atoms with Gasteiger partial charge in [-0.1, -0.05) is 30.3 Å². The van der Waals surface area contributed by atoms with E-state index in [1.54, 1.807) is 24.4 Å². The van der Waals surface area contributed by atoms with Crippen LogP contribution in [0.2, 0.25) is 0 Å². The largest absolute Gasteiger partial charge is 0.377 e. The Kier molecular flexibility index (Phi) is 6.81. The van der Waals surface area contributed by atoms with E-state index in [-0.39, 0.29) is 24.7 Å². The molecule has 0 bridgehead atoms. The second-order valence-corrected chi connectivity index (χ2v) is 8.20. The fourth-order valence-electron chi connectivity index (χ4n) is 4.01. The standard InChI is InChI=1S/C26H28FN3O2/c1-18-13-23(30-11-12-32-17-19(30)2)9-10-24(18)20-7-8-22(28-15-20)14-26(31)29-16-21-5-3-4-6-25(21)27/h3-10,13,15,19H,11-12,14,16-17H2,1-2H3,(H,29,31)/t19-/m0/s1. The van der Waals surface area contributed by atoms with E-state index >= 15 is 0 Å². The number of amides is 1. The Morgan fingerprint density at radius 1 is 1.22 bits per heavy atom. The molecule has 1 aliphatic rings. The van der Waals surface area contributed by atoms with Crippen molar-refractivity contribution >= 4 is 11.6 Å². The SMILES string of the molecule is Cc1cc(N2CCOC[C@@H]2C)ccc1-c1ccc(CC(=O)NCc2ccccc2F)nc1. The quantitative estimate of drug-likeness (QED) is 0.631. The third kappa shape index (κ3) is 5.14. The van der Waals surface area contributed by atoms with Crippen LogP contribution in [0.1, 0.15) is 23.7 Å². The first-order chi connectivity index (χ1) is 15.5. The van der Waals surface area contributed by atoms with Crippen molar-refractivity contribution in [2.45, 2.75) is 32.9 Å². The average Bonchev–Trinajstić information content (AvgIpc) is 2.79. The summed E-state index contributed by atoms with van der Waals surface area (Å²) in [7, 11) is 0. The summed E-state index contributed by atoms with van der Waals surface area (Å²) < 4.78 is 19.2. The highest BCUT2D eigenvalue weighted by Gasteiger charge is 2.19.